The quantitative estimate of drug-likeness (QED) is 0.837. The van der Waals surface area contributed by atoms with Crippen molar-refractivity contribution in [2.24, 2.45) is 5.92 Å². The van der Waals surface area contributed by atoms with Crippen molar-refractivity contribution < 1.29 is 13.2 Å². The Balaban J connectivity index is 1.68. The van der Waals surface area contributed by atoms with Crippen LogP contribution in [0, 0.1) is 5.92 Å². The molecule has 0 bridgehead atoms. The lowest BCUT2D eigenvalue weighted by Gasteiger charge is -2.37. The van der Waals surface area contributed by atoms with Gasteiger partial charge in [0.05, 0.1) is 18.1 Å². The molecule has 1 aromatic carbocycles. The van der Waals surface area contributed by atoms with Gasteiger partial charge in [-0.25, -0.2) is 8.42 Å². The molecule has 0 amide bonds. The Hall–Kier alpha value is -0.950. The van der Waals surface area contributed by atoms with E-state index in [-0.39, 0.29) is 0 Å². The molecule has 0 aromatic heterocycles. The minimum absolute atomic E-state index is 0.380. The van der Waals surface area contributed by atoms with E-state index in [1.54, 1.807) is 12.1 Å². The van der Waals surface area contributed by atoms with Crippen molar-refractivity contribution in [3.8, 4) is 0 Å². The smallest absolute Gasteiger partial charge is 0.243 e. The summed E-state index contributed by atoms with van der Waals surface area (Å²) in [7, 11) is -3.37. The maximum atomic E-state index is 12.5. The number of nitrogens with zero attached hydrogens (tertiary/aromatic N) is 2. The molecule has 0 radical (unpaired) electrons. The summed E-state index contributed by atoms with van der Waals surface area (Å²) in [5.74, 6) is 0.783. The third-order valence-corrected chi connectivity index (χ3v) is 5.99. The van der Waals surface area contributed by atoms with E-state index >= 15 is 0 Å². The highest BCUT2D eigenvalue weighted by molar-refractivity contribution is 7.89. The standard InChI is InChI=1S/C15H22N2O3S/c1-13-10-16(11-13)12-14-2-4-15(5-3-14)21(18,19)17-6-8-20-9-7-17/h2-5,13H,6-12H2,1H3. The van der Waals surface area contributed by atoms with E-state index in [9.17, 15) is 8.42 Å². The van der Waals surface area contributed by atoms with Crippen molar-refractivity contribution in [2.75, 3.05) is 39.4 Å². The van der Waals surface area contributed by atoms with E-state index < -0.39 is 10.0 Å². The molecular weight excluding hydrogens is 288 g/mol. The fourth-order valence-electron chi connectivity index (χ4n) is 2.92. The number of benzene rings is 1. The number of morpholine rings is 1. The first kappa shape index (κ1) is 15.0. The van der Waals surface area contributed by atoms with Crippen LogP contribution in [0.25, 0.3) is 0 Å². The molecule has 0 saturated carbocycles. The van der Waals surface area contributed by atoms with Crippen LogP contribution in [-0.4, -0.2) is 57.0 Å². The third kappa shape index (κ3) is 3.29. The van der Waals surface area contributed by atoms with Gasteiger partial charge in [0.25, 0.3) is 0 Å². The highest BCUT2D eigenvalue weighted by Crippen LogP contribution is 2.21. The van der Waals surface area contributed by atoms with Gasteiger partial charge in [-0.2, -0.15) is 4.31 Å². The molecule has 1 aromatic rings. The maximum Gasteiger partial charge on any atom is 0.243 e. The van der Waals surface area contributed by atoms with Crippen molar-refractivity contribution >= 4 is 10.0 Å². The van der Waals surface area contributed by atoms with Crippen molar-refractivity contribution in [3.05, 3.63) is 29.8 Å². The summed E-state index contributed by atoms with van der Waals surface area (Å²) in [5, 5.41) is 0. The van der Waals surface area contributed by atoms with E-state index in [1.165, 1.54) is 9.87 Å². The fourth-order valence-corrected chi connectivity index (χ4v) is 4.33. The molecule has 0 aliphatic carbocycles. The molecule has 3 rings (SSSR count). The van der Waals surface area contributed by atoms with Crippen molar-refractivity contribution in [1.82, 2.24) is 9.21 Å². The predicted octanol–water partition coefficient (Wildman–Crippen LogP) is 1.16. The zero-order valence-corrected chi connectivity index (χ0v) is 13.2. The summed E-state index contributed by atoms with van der Waals surface area (Å²) in [6, 6.07) is 7.30. The van der Waals surface area contributed by atoms with Crippen molar-refractivity contribution in [2.45, 2.75) is 18.4 Å². The first-order valence-corrected chi connectivity index (χ1v) is 8.89. The number of hydrogen-bond acceptors (Lipinski definition) is 4. The molecule has 0 atom stereocenters. The molecule has 2 aliphatic heterocycles. The van der Waals surface area contributed by atoms with Crippen LogP contribution in [0.15, 0.2) is 29.2 Å². The molecule has 2 saturated heterocycles. The number of rotatable bonds is 4. The average Bonchev–Trinajstić information content (AvgIpc) is 2.47. The van der Waals surface area contributed by atoms with Gasteiger partial charge in [-0.1, -0.05) is 19.1 Å². The Labute approximate surface area is 126 Å². The van der Waals surface area contributed by atoms with Gasteiger partial charge in [-0.3, -0.25) is 4.90 Å². The number of hydrogen-bond donors (Lipinski definition) is 0. The average molecular weight is 310 g/mol. The maximum absolute atomic E-state index is 12.5. The van der Waals surface area contributed by atoms with Crippen molar-refractivity contribution in [3.63, 3.8) is 0 Å². The SMILES string of the molecule is CC1CN(Cc2ccc(S(=O)(=O)N3CCOCC3)cc2)C1. The lowest BCUT2D eigenvalue weighted by atomic mass is 10.0. The Morgan fingerprint density at radius 3 is 2.33 bits per heavy atom. The molecule has 2 fully saturated rings. The van der Waals surface area contributed by atoms with Crippen LogP contribution >= 0.6 is 0 Å². The van der Waals surface area contributed by atoms with Gasteiger partial charge < -0.3 is 4.74 Å². The zero-order valence-electron chi connectivity index (χ0n) is 12.4. The molecule has 5 nitrogen and oxygen atoms in total. The molecule has 0 unspecified atom stereocenters. The second-order valence-electron chi connectivity index (χ2n) is 5.96. The van der Waals surface area contributed by atoms with Gasteiger partial charge in [0.15, 0.2) is 0 Å². The van der Waals surface area contributed by atoms with Crippen LogP contribution in [0.1, 0.15) is 12.5 Å². The Morgan fingerprint density at radius 1 is 1.14 bits per heavy atom. The van der Waals surface area contributed by atoms with E-state index in [1.807, 2.05) is 12.1 Å². The lowest BCUT2D eigenvalue weighted by Crippen LogP contribution is -2.44. The molecule has 6 heteroatoms. The van der Waals surface area contributed by atoms with Gasteiger partial charge in [-0.05, 0) is 23.6 Å². The van der Waals surface area contributed by atoms with E-state index in [4.69, 9.17) is 4.74 Å². The number of likely N-dealkylation sites (tertiary alicyclic amines) is 1. The first-order valence-electron chi connectivity index (χ1n) is 7.45. The summed E-state index contributed by atoms with van der Waals surface area (Å²) >= 11 is 0. The fraction of sp³-hybridized carbons (Fsp3) is 0.600. The largest absolute Gasteiger partial charge is 0.379 e. The number of ether oxygens (including phenoxy) is 1. The summed E-state index contributed by atoms with van der Waals surface area (Å²) in [6.45, 7) is 7.25. The van der Waals surface area contributed by atoms with Gasteiger partial charge in [0.2, 0.25) is 10.0 Å². The molecular formula is C15H22N2O3S. The minimum atomic E-state index is -3.37. The summed E-state index contributed by atoms with van der Waals surface area (Å²) in [4.78, 5) is 2.75. The molecule has 2 heterocycles. The van der Waals surface area contributed by atoms with Crippen LogP contribution in [0.5, 0.6) is 0 Å². The van der Waals surface area contributed by atoms with Crippen LogP contribution in [0.2, 0.25) is 0 Å². The highest BCUT2D eigenvalue weighted by Gasteiger charge is 2.26. The number of sulfonamides is 1. The van der Waals surface area contributed by atoms with Gasteiger partial charge in [0.1, 0.15) is 0 Å². The third-order valence-electron chi connectivity index (χ3n) is 4.08. The van der Waals surface area contributed by atoms with Crippen LogP contribution in [0.4, 0.5) is 0 Å². The van der Waals surface area contributed by atoms with E-state index in [2.05, 4.69) is 11.8 Å². The van der Waals surface area contributed by atoms with Gasteiger partial charge >= 0.3 is 0 Å². The lowest BCUT2D eigenvalue weighted by molar-refractivity contribution is 0.0730. The van der Waals surface area contributed by atoms with Crippen molar-refractivity contribution in [1.29, 1.82) is 0 Å². The van der Waals surface area contributed by atoms with E-state index in [0.29, 0.717) is 31.2 Å². The van der Waals surface area contributed by atoms with Gasteiger partial charge in [-0.15, -0.1) is 0 Å². The van der Waals surface area contributed by atoms with Crippen LogP contribution in [0.3, 0.4) is 0 Å². The van der Waals surface area contributed by atoms with Crippen LogP contribution < -0.4 is 0 Å². The van der Waals surface area contributed by atoms with Crippen LogP contribution in [-0.2, 0) is 21.3 Å². The monoisotopic (exact) mass is 310 g/mol. The Kier molecular flexibility index (Phi) is 4.31. The topological polar surface area (TPSA) is 49.9 Å². The molecule has 0 N–H and O–H groups in total. The summed E-state index contributed by atoms with van der Waals surface area (Å²) in [6.07, 6.45) is 0. The summed E-state index contributed by atoms with van der Waals surface area (Å²) < 4.78 is 31.7. The normalized spacial score (nSPS) is 22.1. The first-order chi connectivity index (χ1) is 10.1. The predicted molar refractivity (Wildman–Crippen MR) is 80.5 cm³/mol. The molecule has 2 aliphatic rings. The zero-order chi connectivity index (χ0) is 14.9. The highest BCUT2D eigenvalue weighted by atomic mass is 32.2. The second-order valence-corrected chi connectivity index (χ2v) is 7.90. The summed E-state index contributed by atoms with van der Waals surface area (Å²) in [5.41, 5.74) is 1.17. The molecule has 116 valence electrons. The Bertz CT molecular complexity index is 573. The second kappa shape index (κ2) is 6.04. The Morgan fingerprint density at radius 2 is 1.76 bits per heavy atom. The van der Waals surface area contributed by atoms with E-state index in [0.717, 1.165) is 25.6 Å². The van der Waals surface area contributed by atoms with Gasteiger partial charge in [0, 0.05) is 32.7 Å². The molecule has 21 heavy (non-hydrogen) atoms. The molecule has 0 spiro atoms. The minimum Gasteiger partial charge on any atom is -0.379 e.